The van der Waals surface area contributed by atoms with Crippen molar-refractivity contribution in [3.8, 4) is 28.4 Å². The largest absolute Gasteiger partial charge is 0.495 e. The zero-order valence-electron chi connectivity index (χ0n) is 20.4. The van der Waals surface area contributed by atoms with Gasteiger partial charge in [0.05, 0.1) is 37.0 Å². The summed E-state index contributed by atoms with van der Waals surface area (Å²) in [6.45, 7) is 5.85. The number of rotatable bonds is 6. The summed E-state index contributed by atoms with van der Waals surface area (Å²) in [5.74, 6) is 0.805. The fourth-order valence-electron chi connectivity index (χ4n) is 5.07. The smallest absolute Gasteiger partial charge is 0.184 e. The molecule has 1 unspecified atom stereocenters. The maximum absolute atomic E-state index is 13.3. The molecule has 0 spiro atoms. The summed E-state index contributed by atoms with van der Waals surface area (Å²) in [6.07, 6.45) is 0.335. The fraction of sp³-hybridized carbons (Fsp3) is 0.480. The molecule has 0 bridgehead atoms. The number of nitrogens with zero attached hydrogens (tertiary/aromatic N) is 3. The summed E-state index contributed by atoms with van der Waals surface area (Å²) in [5, 5.41) is 20.0. The first-order valence-corrected chi connectivity index (χ1v) is 14.5. The highest BCUT2D eigenvalue weighted by atomic mass is 32.2. The van der Waals surface area contributed by atoms with Crippen molar-refractivity contribution in [1.82, 2.24) is 14.7 Å². The Morgan fingerprint density at radius 1 is 1.31 bits per heavy atom. The van der Waals surface area contributed by atoms with Gasteiger partial charge in [-0.25, -0.2) is 13.1 Å². The third-order valence-electron chi connectivity index (χ3n) is 7.18. The Morgan fingerprint density at radius 2 is 2.11 bits per heavy atom. The van der Waals surface area contributed by atoms with Gasteiger partial charge in [-0.2, -0.15) is 16.4 Å². The van der Waals surface area contributed by atoms with Gasteiger partial charge in [0, 0.05) is 34.7 Å². The van der Waals surface area contributed by atoms with Crippen molar-refractivity contribution in [3.63, 3.8) is 0 Å². The van der Waals surface area contributed by atoms with E-state index in [9.17, 15) is 13.5 Å². The molecule has 1 aromatic carbocycles. The third-order valence-corrected chi connectivity index (χ3v) is 10.1. The van der Waals surface area contributed by atoms with Gasteiger partial charge >= 0.3 is 0 Å². The minimum absolute atomic E-state index is 0.164. The molecule has 11 heteroatoms. The van der Waals surface area contributed by atoms with Crippen LogP contribution in [-0.2, 0) is 21.2 Å². The predicted molar refractivity (Wildman–Crippen MR) is 135 cm³/mol. The summed E-state index contributed by atoms with van der Waals surface area (Å²) in [4.78, 5) is 2.15. The maximum Gasteiger partial charge on any atom is 0.184 e. The minimum atomic E-state index is -3.53. The monoisotopic (exact) mass is 531 g/mol. The molecule has 1 saturated carbocycles. The first-order valence-electron chi connectivity index (χ1n) is 12.0. The standard InChI is InChI=1S/C25H29N3O6S2/c1-25(2)14-33-8-7-27(25)24(29)22-18-12-34-19-11-20(32-3)21(36(30,31)16-4-5-16)10-17(19)23(18)28(26-22)15-6-9-35-13-15/h6,9-11,13,16,24,29H,4-5,7-8,12,14H2,1-3H3. The Morgan fingerprint density at radius 3 is 2.78 bits per heavy atom. The van der Waals surface area contributed by atoms with Crippen LogP contribution in [0.15, 0.2) is 33.9 Å². The van der Waals surface area contributed by atoms with E-state index in [0.29, 0.717) is 49.6 Å². The summed E-state index contributed by atoms with van der Waals surface area (Å²) < 4.78 is 45.6. The topological polar surface area (TPSA) is 103 Å². The highest BCUT2D eigenvalue weighted by Gasteiger charge is 2.42. The number of thiophene rings is 1. The first kappa shape index (κ1) is 23.9. The number of morpholine rings is 1. The average Bonchev–Trinajstić information content (AvgIpc) is 3.45. The van der Waals surface area contributed by atoms with Crippen LogP contribution >= 0.6 is 11.3 Å². The normalized spacial score (nSPS) is 20.3. The number of benzene rings is 1. The van der Waals surface area contributed by atoms with Crippen LogP contribution in [0.1, 0.15) is 44.2 Å². The molecule has 0 radical (unpaired) electrons. The van der Waals surface area contributed by atoms with Gasteiger partial charge in [0.1, 0.15) is 28.7 Å². The number of aliphatic hydroxyl groups is 1. The van der Waals surface area contributed by atoms with Crippen molar-refractivity contribution in [2.45, 2.75) is 55.2 Å². The van der Waals surface area contributed by atoms with E-state index in [4.69, 9.17) is 19.3 Å². The fourth-order valence-corrected chi connectivity index (χ4v) is 7.50. The zero-order chi connectivity index (χ0) is 25.2. The molecule has 4 heterocycles. The Hall–Kier alpha value is -2.44. The molecule has 1 N–H and O–H groups in total. The molecule has 2 aliphatic heterocycles. The second-order valence-corrected chi connectivity index (χ2v) is 13.0. The number of methoxy groups -OCH3 is 1. The number of hydrogen-bond acceptors (Lipinski definition) is 9. The van der Waals surface area contributed by atoms with E-state index < -0.39 is 16.1 Å². The van der Waals surface area contributed by atoms with Gasteiger partial charge in [-0.1, -0.05) is 0 Å². The second kappa shape index (κ2) is 8.56. The Kier molecular flexibility index (Phi) is 5.69. The lowest BCUT2D eigenvalue weighted by Gasteiger charge is -2.44. The van der Waals surface area contributed by atoms with Gasteiger partial charge in [0.2, 0.25) is 0 Å². The summed E-state index contributed by atoms with van der Waals surface area (Å²) in [5.41, 5.74) is 3.04. The maximum atomic E-state index is 13.3. The van der Waals surface area contributed by atoms with E-state index in [0.717, 1.165) is 16.9 Å². The second-order valence-electron chi connectivity index (χ2n) is 10.1. The van der Waals surface area contributed by atoms with Gasteiger partial charge < -0.3 is 19.3 Å². The van der Waals surface area contributed by atoms with Gasteiger partial charge in [0.15, 0.2) is 16.1 Å². The van der Waals surface area contributed by atoms with Crippen molar-refractivity contribution >= 4 is 21.2 Å². The van der Waals surface area contributed by atoms with Crippen LogP contribution in [0.25, 0.3) is 16.9 Å². The van der Waals surface area contributed by atoms with Crippen LogP contribution in [-0.4, -0.2) is 65.9 Å². The highest BCUT2D eigenvalue weighted by molar-refractivity contribution is 7.92. The van der Waals surface area contributed by atoms with E-state index >= 15 is 0 Å². The lowest BCUT2D eigenvalue weighted by atomic mass is 9.98. The molecule has 2 aromatic heterocycles. The van der Waals surface area contributed by atoms with Crippen LogP contribution in [0, 0.1) is 0 Å². The van der Waals surface area contributed by atoms with Crippen LogP contribution < -0.4 is 9.47 Å². The molecule has 3 aliphatic rings. The van der Waals surface area contributed by atoms with Gasteiger partial charge in [-0.15, -0.1) is 0 Å². The van der Waals surface area contributed by atoms with Crippen LogP contribution in [0.2, 0.25) is 0 Å². The third kappa shape index (κ3) is 3.76. The Labute approximate surface area is 214 Å². The number of hydrogen-bond donors (Lipinski definition) is 1. The van der Waals surface area contributed by atoms with E-state index in [2.05, 4.69) is 0 Å². The summed E-state index contributed by atoms with van der Waals surface area (Å²) >= 11 is 1.54. The summed E-state index contributed by atoms with van der Waals surface area (Å²) in [6, 6.07) is 5.26. The average molecular weight is 532 g/mol. The zero-order valence-corrected chi connectivity index (χ0v) is 22.1. The molecule has 2 fully saturated rings. The summed E-state index contributed by atoms with van der Waals surface area (Å²) in [7, 11) is -2.06. The SMILES string of the molecule is COc1cc2c(cc1S(=O)(=O)C1CC1)-c1c(c(C(O)N3CCOCC3(C)C)nn1-c1ccsc1)CO2. The van der Waals surface area contributed by atoms with Crippen molar-refractivity contribution in [3.05, 3.63) is 40.2 Å². The van der Waals surface area contributed by atoms with Gasteiger partial charge in [-0.3, -0.25) is 4.90 Å². The number of aromatic nitrogens is 2. The van der Waals surface area contributed by atoms with Crippen molar-refractivity contribution < 1.29 is 27.7 Å². The van der Waals surface area contributed by atoms with Gasteiger partial charge in [0.25, 0.3) is 0 Å². The molecule has 9 nitrogen and oxygen atoms in total. The molecule has 192 valence electrons. The van der Waals surface area contributed by atoms with Crippen LogP contribution in [0.4, 0.5) is 0 Å². The molecular formula is C25H29N3O6S2. The number of fused-ring (bicyclic) bond motifs is 3. The van der Waals surface area contributed by atoms with Gasteiger partial charge in [-0.05, 0) is 44.2 Å². The highest BCUT2D eigenvalue weighted by Crippen LogP contribution is 2.48. The van der Waals surface area contributed by atoms with E-state index in [1.165, 1.54) is 7.11 Å². The number of sulfone groups is 1. The van der Waals surface area contributed by atoms with E-state index in [1.54, 1.807) is 28.2 Å². The number of aliphatic hydroxyl groups excluding tert-OH is 1. The van der Waals surface area contributed by atoms with E-state index in [1.807, 2.05) is 35.6 Å². The molecule has 1 aliphatic carbocycles. The lowest BCUT2D eigenvalue weighted by molar-refractivity contribution is -0.133. The minimum Gasteiger partial charge on any atom is -0.495 e. The quantitative estimate of drug-likeness (QED) is 0.515. The molecule has 0 amide bonds. The Balaban J connectivity index is 1.55. The van der Waals surface area contributed by atoms with E-state index in [-0.39, 0.29) is 28.0 Å². The molecule has 3 aromatic rings. The lowest BCUT2D eigenvalue weighted by Crippen LogP contribution is -2.54. The van der Waals surface area contributed by atoms with Crippen LogP contribution in [0.3, 0.4) is 0 Å². The molecule has 6 rings (SSSR count). The van der Waals surface area contributed by atoms with Crippen molar-refractivity contribution in [1.29, 1.82) is 0 Å². The molecular weight excluding hydrogens is 502 g/mol. The number of ether oxygens (including phenoxy) is 3. The Bertz CT molecular complexity index is 1410. The molecule has 36 heavy (non-hydrogen) atoms. The van der Waals surface area contributed by atoms with Crippen molar-refractivity contribution in [2.75, 3.05) is 26.9 Å². The molecule has 1 atom stereocenters. The molecule has 1 saturated heterocycles. The predicted octanol–water partition coefficient (Wildman–Crippen LogP) is 3.54. The van der Waals surface area contributed by atoms with Crippen molar-refractivity contribution in [2.24, 2.45) is 0 Å². The first-order chi connectivity index (χ1) is 17.2. The van der Waals surface area contributed by atoms with Crippen LogP contribution in [0.5, 0.6) is 11.5 Å².